The molecule has 5 heteroatoms. The second kappa shape index (κ2) is 5.55. The quantitative estimate of drug-likeness (QED) is 0.495. The number of rotatable bonds is 2. The Morgan fingerprint density at radius 2 is 2.20 bits per heavy atom. The largest absolute Gasteiger partial charge is 0.370 e. The summed E-state index contributed by atoms with van der Waals surface area (Å²) in [4.78, 5) is 4.16. The number of hydrogen-bond acceptors (Lipinski definition) is 1. The van der Waals surface area contributed by atoms with E-state index in [0.717, 1.165) is 9.26 Å². The summed E-state index contributed by atoms with van der Waals surface area (Å²) >= 11 is 8.23. The van der Waals surface area contributed by atoms with Crippen molar-refractivity contribution in [2.24, 2.45) is 10.7 Å². The molecule has 1 aromatic rings. The molecule has 1 aromatic carbocycles. The van der Waals surface area contributed by atoms with Crippen molar-refractivity contribution in [1.82, 2.24) is 0 Å². The number of guanidine groups is 1. The molecular formula is C10H13ClIN3. The zero-order valence-corrected chi connectivity index (χ0v) is 11.5. The number of nitrogens with zero attached hydrogens (tertiary/aromatic N) is 1. The molecule has 0 aliphatic heterocycles. The maximum atomic E-state index is 6.03. The zero-order chi connectivity index (χ0) is 11.4. The highest BCUT2D eigenvalue weighted by Crippen LogP contribution is 2.23. The molecule has 0 aliphatic carbocycles. The molecule has 82 valence electrons. The van der Waals surface area contributed by atoms with Gasteiger partial charge in [0.2, 0.25) is 0 Å². The first-order valence-corrected chi connectivity index (χ1v) is 6.00. The number of hydrogen-bond donors (Lipinski definition) is 2. The lowest BCUT2D eigenvalue weighted by atomic mass is 10.3. The van der Waals surface area contributed by atoms with Crippen molar-refractivity contribution < 1.29 is 0 Å². The molecular weight excluding hydrogens is 324 g/mol. The van der Waals surface area contributed by atoms with Gasteiger partial charge in [-0.1, -0.05) is 11.6 Å². The van der Waals surface area contributed by atoms with E-state index in [-0.39, 0.29) is 6.04 Å². The molecule has 0 atom stereocenters. The molecule has 0 saturated carbocycles. The average molecular weight is 338 g/mol. The van der Waals surface area contributed by atoms with E-state index in [4.69, 9.17) is 17.3 Å². The topological polar surface area (TPSA) is 50.4 Å². The van der Waals surface area contributed by atoms with Crippen molar-refractivity contribution >= 4 is 45.8 Å². The minimum absolute atomic E-state index is 0.167. The van der Waals surface area contributed by atoms with Gasteiger partial charge < -0.3 is 11.1 Å². The van der Waals surface area contributed by atoms with Gasteiger partial charge in [-0.2, -0.15) is 0 Å². The fraction of sp³-hybridized carbons (Fsp3) is 0.300. The van der Waals surface area contributed by atoms with Gasteiger partial charge in [-0.25, -0.2) is 0 Å². The van der Waals surface area contributed by atoms with Crippen LogP contribution in [0.2, 0.25) is 5.02 Å². The monoisotopic (exact) mass is 337 g/mol. The Kier molecular flexibility index (Phi) is 4.66. The van der Waals surface area contributed by atoms with Gasteiger partial charge in [0.15, 0.2) is 5.96 Å². The fourth-order valence-corrected chi connectivity index (χ4v) is 1.94. The summed E-state index contributed by atoms with van der Waals surface area (Å²) < 4.78 is 1.09. The highest BCUT2D eigenvalue weighted by atomic mass is 127. The summed E-state index contributed by atoms with van der Waals surface area (Å²) in [5, 5.41) is 3.60. The van der Waals surface area contributed by atoms with E-state index in [1.807, 2.05) is 32.0 Å². The van der Waals surface area contributed by atoms with Gasteiger partial charge in [0.25, 0.3) is 0 Å². The molecule has 0 spiro atoms. The molecule has 0 unspecified atom stereocenters. The van der Waals surface area contributed by atoms with Crippen LogP contribution in [0.1, 0.15) is 13.8 Å². The first kappa shape index (κ1) is 12.6. The summed E-state index contributed by atoms with van der Waals surface area (Å²) in [6, 6.07) is 5.87. The van der Waals surface area contributed by atoms with Crippen molar-refractivity contribution in [1.29, 1.82) is 0 Å². The lowest BCUT2D eigenvalue weighted by Gasteiger charge is -2.08. The third kappa shape index (κ3) is 4.25. The van der Waals surface area contributed by atoms with Crippen LogP contribution in [-0.2, 0) is 0 Å². The molecule has 0 saturated heterocycles. The van der Waals surface area contributed by atoms with E-state index in [1.165, 1.54) is 0 Å². The van der Waals surface area contributed by atoms with E-state index >= 15 is 0 Å². The summed E-state index contributed by atoms with van der Waals surface area (Å²) in [6.45, 7) is 3.92. The minimum Gasteiger partial charge on any atom is -0.370 e. The molecule has 0 aromatic heterocycles. The highest BCUT2D eigenvalue weighted by Gasteiger charge is 2.02. The van der Waals surface area contributed by atoms with Gasteiger partial charge in [-0.05, 0) is 54.6 Å². The van der Waals surface area contributed by atoms with Crippen LogP contribution < -0.4 is 11.1 Å². The van der Waals surface area contributed by atoms with Crippen molar-refractivity contribution in [2.75, 3.05) is 5.32 Å². The van der Waals surface area contributed by atoms with Crippen molar-refractivity contribution in [3.63, 3.8) is 0 Å². The van der Waals surface area contributed by atoms with Crippen LogP contribution in [0.15, 0.2) is 23.2 Å². The zero-order valence-electron chi connectivity index (χ0n) is 8.59. The van der Waals surface area contributed by atoms with Gasteiger partial charge in [-0.15, -0.1) is 0 Å². The molecule has 15 heavy (non-hydrogen) atoms. The summed E-state index contributed by atoms with van der Waals surface area (Å²) in [5.74, 6) is 0.383. The van der Waals surface area contributed by atoms with Gasteiger partial charge >= 0.3 is 0 Å². The number of nitrogens with two attached hydrogens (primary N) is 1. The van der Waals surface area contributed by atoms with Crippen LogP contribution >= 0.6 is 34.2 Å². The third-order valence-corrected chi connectivity index (χ3v) is 2.57. The Labute approximate surface area is 108 Å². The summed E-state index contributed by atoms with van der Waals surface area (Å²) in [7, 11) is 0. The smallest absolute Gasteiger partial charge is 0.193 e. The number of nitrogens with one attached hydrogen (secondary N) is 1. The Hall–Kier alpha value is -0.490. The van der Waals surface area contributed by atoms with Gasteiger partial charge in [0.05, 0.1) is 10.7 Å². The molecule has 0 heterocycles. The van der Waals surface area contributed by atoms with Gasteiger partial charge in [-0.3, -0.25) is 4.99 Å². The van der Waals surface area contributed by atoms with Crippen LogP contribution in [0.5, 0.6) is 0 Å². The second-order valence-corrected chi connectivity index (χ2v) is 5.01. The van der Waals surface area contributed by atoms with Crippen molar-refractivity contribution in [2.45, 2.75) is 19.9 Å². The number of benzene rings is 1. The molecule has 3 N–H and O–H groups in total. The van der Waals surface area contributed by atoms with Gasteiger partial charge in [0, 0.05) is 9.61 Å². The summed E-state index contributed by atoms with van der Waals surface area (Å²) in [5.41, 5.74) is 6.47. The predicted octanol–water partition coefficient (Wildman–Crippen LogP) is 3.08. The van der Waals surface area contributed by atoms with E-state index < -0.39 is 0 Å². The molecule has 0 radical (unpaired) electrons. The van der Waals surface area contributed by atoms with Crippen molar-refractivity contribution in [3.05, 3.63) is 26.8 Å². The van der Waals surface area contributed by atoms with Crippen LogP contribution in [0.3, 0.4) is 0 Å². The van der Waals surface area contributed by atoms with Crippen LogP contribution in [0.4, 0.5) is 5.69 Å². The summed E-state index contributed by atoms with van der Waals surface area (Å²) in [6.07, 6.45) is 0. The first-order valence-electron chi connectivity index (χ1n) is 4.54. The van der Waals surface area contributed by atoms with Crippen molar-refractivity contribution in [3.8, 4) is 0 Å². The van der Waals surface area contributed by atoms with E-state index in [1.54, 1.807) is 0 Å². The number of halogens is 2. The molecule has 1 rings (SSSR count). The maximum absolute atomic E-state index is 6.03. The molecule has 3 nitrogen and oxygen atoms in total. The molecule has 0 fully saturated rings. The van der Waals surface area contributed by atoms with Crippen LogP contribution in [-0.4, -0.2) is 12.0 Å². The van der Waals surface area contributed by atoms with E-state index in [0.29, 0.717) is 11.0 Å². The lowest BCUT2D eigenvalue weighted by molar-refractivity contribution is 0.833. The van der Waals surface area contributed by atoms with Gasteiger partial charge in [0.1, 0.15) is 0 Å². The fourth-order valence-electron chi connectivity index (χ4n) is 1.04. The standard InChI is InChI=1S/C10H13ClIN3/c1-6(2)14-10(13)15-9-4-3-7(12)5-8(9)11/h3-6H,1-2H3,(H3,13,14,15). The Morgan fingerprint density at radius 1 is 1.53 bits per heavy atom. The van der Waals surface area contributed by atoms with E-state index in [2.05, 4.69) is 32.9 Å². The number of aliphatic imine (C=N–C) groups is 1. The van der Waals surface area contributed by atoms with E-state index in [9.17, 15) is 0 Å². The Bertz CT molecular complexity index is 377. The SMILES string of the molecule is CC(C)N=C(N)Nc1ccc(I)cc1Cl. The molecule has 0 aliphatic rings. The number of anilines is 1. The highest BCUT2D eigenvalue weighted by molar-refractivity contribution is 14.1. The van der Waals surface area contributed by atoms with Crippen LogP contribution in [0.25, 0.3) is 0 Å². The maximum Gasteiger partial charge on any atom is 0.193 e. The molecule has 0 amide bonds. The average Bonchev–Trinajstić information content (AvgIpc) is 2.08. The first-order chi connectivity index (χ1) is 6.99. The predicted molar refractivity (Wildman–Crippen MR) is 74.6 cm³/mol. The molecule has 0 bridgehead atoms. The van der Waals surface area contributed by atoms with Crippen LogP contribution in [0, 0.1) is 3.57 Å². The normalized spacial score (nSPS) is 11.9. The lowest BCUT2D eigenvalue weighted by Crippen LogP contribution is -2.24. The Morgan fingerprint density at radius 3 is 2.73 bits per heavy atom. The minimum atomic E-state index is 0.167. The third-order valence-electron chi connectivity index (χ3n) is 1.59. The Balaban J connectivity index is 2.81. The second-order valence-electron chi connectivity index (χ2n) is 3.36.